The summed E-state index contributed by atoms with van der Waals surface area (Å²) in [7, 11) is 0. The van der Waals surface area contributed by atoms with Gasteiger partial charge >= 0.3 is 0 Å². The van der Waals surface area contributed by atoms with Crippen LogP contribution in [0.4, 0.5) is 17.5 Å². The van der Waals surface area contributed by atoms with Gasteiger partial charge in [0.05, 0.1) is 6.20 Å². The fourth-order valence-corrected chi connectivity index (χ4v) is 3.21. The maximum absolute atomic E-state index is 5.39. The Morgan fingerprint density at radius 2 is 2.00 bits per heavy atom. The van der Waals surface area contributed by atoms with Gasteiger partial charge in [-0.15, -0.1) is 5.10 Å². The van der Waals surface area contributed by atoms with E-state index in [9.17, 15) is 0 Å². The summed E-state index contributed by atoms with van der Waals surface area (Å²) in [5.74, 6) is 2.53. The maximum atomic E-state index is 5.39. The van der Waals surface area contributed by atoms with Crippen molar-refractivity contribution < 1.29 is 9.47 Å². The Kier molecular flexibility index (Phi) is 4.13. The zero-order valence-corrected chi connectivity index (χ0v) is 15.0. The second kappa shape index (κ2) is 7.07. The van der Waals surface area contributed by atoms with Gasteiger partial charge in [-0.1, -0.05) is 18.2 Å². The predicted molar refractivity (Wildman–Crippen MR) is 106 cm³/mol. The molecule has 1 aliphatic heterocycles. The van der Waals surface area contributed by atoms with Crippen LogP contribution in [-0.4, -0.2) is 33.5 Å². The third-order valence-corrected chi connectivity index (χ3v) is 4.56. The Bertz CT molecular complexity index is 1130. The molecule has 8 nitrogen and oxygen atoms in total. The van der Waals surface area contributed by atoms with Crippen LogP contribution >= 0.6 is 0 Å². The van der Waals surface area contributed by atoms with Crippen molar-refractivity contribution in [1.82, 2.24) is 20.2 Å². The first-order chi connectivity index (χ1) is 13.8. The molecule has 0 aliphatic carbocycles. The van der Waals surface area contributed by atoms with E-state index in [-0.39, 0.29) is 6.79 Å². The summed E-state index contributed by atoms with van der Waals surface area (Å²) in [5, 5.41) is 15.8. The minimum absolute atomic E-state index is 0.248. The summed E-state index contributed by atoms with van der Waals surface area (Å²) in [4.78, 5) is 7.76. The highest BCUT2D eigenvalue weighted by molar-refractivity contribution is 5.83. The molecule has 1 aliphatic rings. The number of nitrogens with zero attached hydrogens (tertiary/aromatic N) is 3. The molecule has 3 heterocycles. The van der Waals surface area contributed by atoms with Crippen molar-refractivity contribution in [3.8, 4) is 11.5 Å². The van der Waals surface area contributed by atoms with Crippen LogP contribution in [0.3, 0.4) is 0 Å². The zero-order valence-electron chi connectivity index (χ0n) is 15.0. The van der Waals surface area contributed by atoms with E-state index in [4.69, 9.17) is 9.47 Å². The van der Waals surface area contributed by atoms with Crippen LogP contribution in [0.15, 0.2) is 54.9 Å². The molecule has 2 aromatic carbocycles. The number of rotatable bonds is 6. The Hall–Kier alpha value is -3.81. The van der Waals surface area contributed by atoms with E-state index >= 15 is 0 Å². The number of nitrogens with one attached hydrogen (secondary N) is 3. The molecule has 0 bridgehead atoms. The van der Waals surface area contributed by atoms with E-state index in [1.807, 2.05) is 36.5 Å². The third kappa shape index (κ3) is 3.27. The lowest BCUT2D eigenvalue weighted by molar-refractivity contribution is 0.174. The molecule has 0 radical (unpaired) electrons. The molecule has 0 amide bonds. The summed E-state index contributed by atoms with van der Waals surface area (Å²) >= 11 is 0. The quantitative estimate of drug-likeness (QED) is 0.475. The standard InChI is InChI=1S/C20H18N6O2/c1-2-4-16-15(3-1)13(10-22-16)7-8-21-20-25-19(11-23-26-20)24-14-5-6-17-18(9-14)28-12-27-17/h1-6,9-11,22H,7-8,12H2,(H2,21,24,25,26). The van der Waals surface area contributed by atoms with Gasteiger partial charge < -0.3 is 25.1 Å². The Labute approximate surface area is 160 Å². The smallest absolute Gasteiger partial charge is 0.244 e. The monoisotopic (exact) mass is 374 g/mol. The molecule has 5 rings (SSSR count). The van der Waals surface area contributed by atoms with Crippen LogP contribution in [-0.2, 0) is 6.42 Å². The number of anilines is 3. The van der Waals surface area contributed by atoms with Gasteiger partial charge in [-0.05, 0) is 30.2 Å². The second-order valence-electron chi connectivity index (χ2n) is 6.39. The number of aromatic nitrogens is 4. The summed E-state index contributed by atoms with van der Waals surface area (Å²) < 4.78 is 10.7. The van der Waals surface area contributed by atoms with Crippen LogP contribution in [0.5, 0.6) is 11.5 Å². The van der Waals surface area contributed by atoms with Crippen LogP contribution in [0.25, 0.3) is 10.9 Å². The number of ether oxygens (including phenoxy) is 2. The number of para-hydroxylation sites is 1. The van der Waals surface area contributed by atoms with Crippen molar-refractivity contribution in [2.75, 3.05) is 24.0 Å². The normalized spacial score (nSPS) is 12.3. The van der Waals surface area contributed by atoms with Crippen molar-refractivity contribution in [1.29, 1.82) is 0 Å². The van der Waals surface area contributed by atoms with Gasteiger partial charge in [-0.25, -0.2) is 0 Å². The average Bonchev–Trinajstić information content (AvgIpc) is 3.35. The fraction of sp³-hybridized carbons (Fsp3) is 0.150. The van der Waals surface area contributed by atoms with Crippen LogP contribution in [0.1, 0.15) is 5.56 Å². The lowest BCUT2D eigenvalue weighted by atomic mass is 10.1. The highest BCUT2D eigenvalue weighted by atomic mass is 16.7. The SMILES string of the molecule is c1ccc2c(CCNc3nncc(Nc4ccc5c(c4)OCO5)n3)c[nH]c2c1. The summed E-state index contributed by atoms with van der Waals surface area (Å²) in [6.07, 6.45) is 4.48. The number of aromatic amines is 1. The van der Waals surface area contributed by atoms with Crippen molar-refractivity contribution in [2.24, 2.45) is 0 Å². The van der Waals surface area contributed by atoms with Gasteiger partial charge in [-0.3, -0.25) is 0 Å². The molecule has 2 aromatic heterocycles. The molecule has 0 saturated carbocycles. The molecule has 3 N–H and O–H groups in total. The molecule has 0 spiro atoms. The molecule has 8 heteroatoms. The van der Waals surface area contributed by atoms with Crippen molar-refractivity contribution in [2.45, 2.75) is 6.42 Å². The van der Waals surface area contributed by atoms with E-state index in [1.54, 1.807) is 6.20 Å². The van der Waals surface area contributed by atoms with Crippen molar-refractivity contribution in [3.63, 3.8) is 0 Å². The highest BCUT2D eigenvalue weighted by Crippen LogP contribution is 2.34. The first-order valence-electron chi connectivity index (χ1n) is 9.00. The van der Waals surface area contributed by atoms with E-state index in [1.165, 1.54) is 10.9 Å². The maximum Gasteiger partial charge on any atom is 0.244 e. The third-order valence-electron chi connectivity index (χ3n) is 4.56. The molecular weight excluding hydrogens is 356 g/mol. The first-order valence-corrected chi connectivity index (χ1v) is 9.00. The van der Waals surface area contributed by atoms with Gasteiger partial charge in [0, 0.05) is 35.4 Å². The van der Waals surface area contributed by atoms with Gasteiger partial charge in [0.15, 0.2) is 17.3 Å². The summed E-state index contributed by atoms with van der Waals surface area (Å²) in [5.41, 5.74) is 3.24. The van der Waals surface area contributed by atoms with Gasteiger partial charge in [0.25, 0.3) is 0 Å². The second-order valence-corrected chi connectivity index (χ2v) is 6.39. The average molecular weight is 374 g/mol. The Morgan fingerprint density at radius 1 is 1.07 bits per heavy atom. The number of H-pyrrole nitrogens is 1. The van der Waals surface area contributed by atoms with Crippen LogP contribution in [0.2, 0.25) is 0 Å². The number of benzene rings is 2. The van der Waals surface area contributed by atoms with Crippen LogP contribution < -0.4 is 20.1 Å². The Balaban J connectivity index is 1.23. The zero-order chi connectivity index (χ0) is 18.8. The number of fused-ring (bicyclic) bond motifs is 2. The lowest BCUT2D eigenvalue weighted by Crippen LogP contribution is -2.09. The van der Waals surface area contributed by atoms with E-state index < -0.39 is 0 Å². The number of hydrogen-bond donors (Lipinski definition) is 3. The van der Waals surface area contributed by atoms with Gasteiger partial charge in [-0.2, -0.15) is 10.1 Å². The van der Waals surface area contributed by atoms with Gasteiger partial charge in [0.1, 0.15) is 0 Å². The Morgan fingerprint density at radius 3 is 3.00 bits per heavy atom. The van der Waals surface area contributed by atoms with Crippen LogP contribution in [0, 0.1) is 0 Å². The summed E-state index contributed by atoms with van der Waals surface area (Å²) in [6, 6.07) is 13.9. The molecular formula is C20H18N6O2. The van der Waals surface area contributed by atoms with Gasteiger partial charge in [0.2, 0.25) is 12.7 Å². The lowest BCUT2D eigenvalue weighted by Gasteiger charge is -2.08. The van der Waals surface area contributed by atoms with E-state index in [0.29, 0.717) is 24.1 Å². The summed E-state index contributed by atoms with van der Waals surface area (Å²) in [6.45, 7) is 0.954. The highest BCUT2D eigenvalue weighted by Gasteiger charge is 2.13. The fourth-order valence-electron chi connectivity index (χ4n) is 3.21. The molecule has 0 unspecified atom stereocenters. The molecule has 0 fully saturated rings. The number of hydrogen-bond acceptors (Lipinski definition) is 7. The van der Waals surface area contributed by atoms with Crippen molar-refractivity contribution >= 4 is 28.4 Å². The molecule has 0 atom stereocenters. The molecule has 140 valence electrons. The molecule has 4 aromatic rings. The largest absolute Gasteiger partial charge is 0.454 e. The molecule has 28 heavy (non-hydrogen) atoms. The minimum atomic E-state index is 0.248. The van der Waals surface area contributed by atoms with E-state index in [0.717, 1.165) is 23.4 Å². The topological polar surface area (TPSA) is 97.0 Å². The first kappa shape index (κ1) is 16.4. The van der Waals surface area contributed by atoms with Crippen molar-refractivity contribution in [3.05, 3.63) is 60.4 Å². The predicted octanol–water partition coefficient (Wildman–Crippen LogP) is 3.48. The molecule has 0 saturated heterocycles. The van der Waals surface area contributed by atoms with E-state index in [2.05, 4.69) is 42.9 Å². The minimum Gasteiger partial charge on any atom is -0.454 e.